The molecule has 0 radical (unpaired) electrons. The lowest BCUT2D eigenvalue weighted by atomic mass is 9.89. The van der Waals surface area contributed by atoms with Crippen molar-refractivity contribution < 1.29 is 15.0 Å². The van der Waals surface area contributed by atoms with E-state index in [2.05, 4.69) is 0 Å². The molecule has 0 spiro atoms. The van der Waals surface area contributed by atoms with Crippen LogP contribution in [0.15, 0.2) is 0 Å². The van der Waals surface area contributed by atoms with Gasteiger partial charge in [-0.3, -0.25) is 4.90 Å². The van der Waals surface area contributed by atoms with Gasteiger partial charge < -0.3 is 10.2 Å². The highest BCUT2D eigenvalue weighted by Crippen LogP contribution is 2.45. The smallest absolute Gasteiger partial charge is 0.408 e. The predicted molar refractivity (Wildman–Crippen MR) is 41.9 cm³/mol. The van der Waals surface area contributed by atoms with Gasteiger partial charge in [0.25, 0.3) is 0 Å². The first-order valence-corrected chi connectivity index (χ1v) is 4.33. The molecule has 0 unspecified atom stereocenters. The lowest BCUT2D eigenvalue weighted by Crippen LogP contribution is -2.47. The van der Waals surface area contributed by atoms with Crippen LogP contribution in [0.25, 0.3) is 0 Å². The molecule has 4 nitrogen and oxygen atoms in total. The van der Waals surface area contributed by atoms with Crippen molar-refractivity contribution in [2.24, 2.45) is 0 Å². The second-order valence-corrected chi connectivity index (χ2v) is 3.77. The minimum atomic E-state index is -0.871. The second kappa shape index (κ2) is 2.36. The fourth-order valence-electron chi connectivity index (χ4n) is 2.62. The molecule has 0 aromatic rings. The number of amides is 1. The largest absolute Gasteiger partial charge is 0.465 e. The zero-order chi connectivity index (χ0) is 8.77. The first-order valence-electron chi connectivity index (χ1n) is 4.33. The van der Waals surface area contributed by atoms with Crippen LogP contribution in [0.3, 0.4) is 0 Å². The van der Waals surface area contributed by atoms with Crippen LogP contribution >= 0.6 is 0 Å². The molecule has 2 rings (SSSR count). The second-order valence-electron chi connectivity index (χ2n) is 3.77. The highest BCUT2D eigenvalue weighted by molar-refractivity contribution is 5.68. The number of fused-ring (bicyclic) bond motifs is 2. The Morgan fingerprint density at radius 2 is 2.08 bits per heavy atom. The summed E-state index contributed by atoms with van der Waals surface area (Å²) in [5.41, 5.74) is -0.420. The number of aliphatic hydroxyl groups excluding tert-OH is 1. The zero-order valence-corrected chi connectivity index (χ0v) is 6.86. The van der Waals surface area contributed by atoms with E-state index in [0.29, 0.717) is 0 Å². The van der Waals surface area contributed by atoms with Crippen LogP contribution < -0.4 is 0 Å². The predicted octanol–water partition coefficient (Wildman–Crippen LogP) is 0.654. The SMILES string of the molecule is O=C(O)N1C2CCC1(CO)CC2. The van der Waals surface area contributed by atoms with E-state index in [4.69, 9.17) is 10.2 Å². The first kappa shape index (κ1) is 7.86. The van der Waals surface area contributed by atoms with Crippen molar-refractivity contribution in [1.29, 1.82) is 0 Å². The number of carbonyl (C=O) groups is 1. The van der Waals surface area contributed by atoms with Crippen LogP contribution in [-0.4, -0.2) is 39.4 Å². The molecule has 2 heterocycles. The lowest BCUT2D eigenvalue weighted by Gasteiger charge is -2.30. The third-order valence-corrected chi connectivity index (χ3v) is 3.26. The summed E-state index contributed by atoms with van der Waals surface area (Å²) >= 11 is 0. The summed E-state index contributed by atoms with van der Waals surface area (Å²) in [6.07, 6.45) is 2.64. The molecule has 2 fully saturated rings. The lowest BCUT2D eigenvalue weighted by molar-refractivity contribution is 0.0704. The van der Waals surface area contributed by atoms with Gasteiger partial charge in [0.2, 0.25) is 0 Å². The molecule has 4 heteroatoms. The number of hydrogen-bond donors (Lipinski definition) is 2. The molecular weight excluding hydrogens is 158 g/mol. The molecule has 2 aliphatic rings. The molecule has 68 valence electrons. The Labute approximate surface area is 70.8 Å². The van der Waals surface area contributed by atoms with Gasteiger partial charge in [0.1, 0.15) is 0 Å². The van der Waals surface area contributed by atoms with E-state index < -0.39 is 11.6 Å². The molecule has 2 N–H and O–H groups in total. The Morgan fingerprint density at radius 1 is 1.50 bits per heavy atom. The van der Waals surface area contributed by atoms with Crippen molar-refractivity contribution in [3.05, 3.63) is 0 Å². The summed E-state index contributed by atoms with van der Waals surface area (Å²) in [5.74, 6) is 0. The Kier molecular flexibility index (Phi) is 1.54. The number of rotatable bonds is 1. The normalized spacial score (nSPS) is 39.1. The maximum atomic E-state index is 10.8. The monoisotopic (exact) mass is 171 g/mol. The Morgan fingerprint density at radius 3 is 2.42 bits per heavy atom. The standard InChI is InChI=1S/C8H13NO3/c10-5-8-3-1-6(2-4-8)9(8)7(11)12/h6,10H,1-5H2,(H,11,12). The minimum Gasteiger partial charge on any atom is -0.465 e. The fraction of sp³-hybridized carbons (Fsp3) is 0.875. The summed E-state index contributed by atoms with van der Waals surface area (Å²) < 4.78 is 0. The van der Waals surface area contributed by atoms with Crippen LogP contribution in [0.2, 0.25) is 0 Å². The van der Waals surface area contributed by atoms with Gasteiger partial charge in [-0.1, -0.05) is 0 Å². The molecule has 1 amide bonds. The minimum absolute atomic E-state index is 0.0181. The summed E-state index contributed by atoms with van der Waals surface area (Å²) in [4.78, 5) is 12.3. The van der Waals surface area contributed by atoms with Crippen molar-refractivity contribution >= 4 is 6.09 Å². The Hall–Kier alpha value is -0.770. The molecule has 2 aliphatic heterocycles. The van der Waals surface area contributed by atoms with Gasteiger partial charge in [-0.25, -0.2) is 4.79 Å². The van der Waals surface area contributed by atoms with Gasteiger partial charge in [-0.05, 0) is 25.7 Å². The van der Waals surface area contributed by atoms with Gasteiger partial charge in [-0.2, -0.15) is 0 Å². The van der Waals surface area contributed by atoms with Crippen molar-refractivity contribution in [3.63, 3.8) is 0 Å². The molecule has 0 aromatic heterocycles. The molecule has 2 bridgehead atoms. The maximum absolute atomic E-state index is 10.8. The number of hydrogen-bond acceptors (Lipinski definition) is 2. The number of nitrogens with zero attached hydrogens (tertiary/aromatic N) is 1. The van der Waals surface area contributed by atoms with Gasteiger partial charge in [0.05, 0.1) is 12.1 Å². The van der Waals surface area contributed by atoms with Crippen molar-refractivity contribution in [2.75, 3.05) is 6.61 Å². The average molecular weight is 171 g/mol. The molecular formula is C8H13NO3. The number of carboxylic acid groups (broad SMARTS) is 1. The quantitative estimate of drug-likeness (QED) is 0.609. The van der Waals surface area contributed by atoms with E-state index in [0.717, 1.165) is 25.7 Å². The summed E-state index contributed by atoms with van der Waals surface area (Å²) in [5, 5.41) is 18.1. The summed E-state index contributed by atoms with van der Waals surface area (Å²) in [7, 11) is 0. The molecule has 0 saturated carbocycles. The Balaban J connectivity index is 2.27. The third kappa shape index (κ3) is 0.784. The van der Waals surface area contributed by atoms with Crippen molar-refractivity contribution in [3.8, 4) is 0 Å². The highest BCUT2D eigenvalue weighted by Gasteiger charge is 2.53. The Bertz CT molecular complexity index is 208. The molecule has 12 heavy (non-hydrogen) atoms. The maximum Gasteiger partial charge on any atom is 0.408 e. The van der Waals surface area contributed by atoms with E-state index in [1.165, 1.54) is 4.90 Å². The first-order chi connectivity index (χ1) is 5.69. The summed E-state index contributed by atoms with van der Waals surface area (Å²) in [6, 6.07) is 0.176. The van der Waals surface area contributed by atoms with Crippen molar-refractivity contribution in [1.82, 2.24) is 4.90 Å². The van der Waals surface area contributed by atoms with E-state index in [-0.39, 0.29) is 12.6 Å². The van der Waals surface area contributed by atoms with Gasteiger partial charge in [-0.15, -0.1) is 0 Å². The van der Waals surface area contributed by atoms with E-state index in [1.54, 1.807) is 0 Å². The molecule has 2 saturated heterocycles. The van der Waals surface area contributed by atoms with E-state index in [9.17, 15) is 4.79 Å². The van der Waals surface area contributed by atoms with Gasteiger partial charge in [0, 0.05) is 6.04 Å². The van der Waals surface area contributed by atoms with E-state index in [1.807, 2.05) is 0 Å². The zero-order valence-electron chi connectivity index (χ0n) is 6.86. The number of aliphatic hydroxyl groups is 1. The summed E-state index contributed by atoms with van der Waals surface area (Å²) in [6.45, 7) is -0.0181. The van der Waals surface area contributed by atoms with Crippen LogP contribution in [0, 0.1) is 0 Å². The van der Waals surface area contributed by atoms with Crippen LogP contribution in [0.1, 0.15) is 25.7 Å². The molecule has 0 aromatic carbocycles. The van der Waals surface area contributed by atoms with Crippen LogP contribution in [0.5, 0.6) is 0 Å². The van der Waals surface area contributed by atoms with E-state index >= 15 is 0 Å². The molecule has 0 aliphatic carbocycles. The highest BCUT2D eigenvalue weighted by atomic mass is 16.4. The van der Waals surface area contributed by atoms with Gasteiger partial charge in [0.15, 0.2) is 0 Å². The topological polar surface area (TPSA) is 60.8 Å². The fourth-order valence-corrected chi connectivity index (χ4v) is 2.62. The molecule has 0 atom stereocenters. The van der Waals surface area contributed by atoms with Crippen molar-refractivity contribution in [2.45, 2.75) is 37.3 Å². The van der Waals surface area contributed by atoms with Crippen LogP contribution in [0.4, 0.5) is 4.79 Å². The van der Waals surface area contributed by atoms with Gasteiger partial charge >= 0.3 is 6.09 Å². The third-order valence-electron chi connectivity index (χ3n) is 3.26. The van der Waals surface area contributed by atoms with Crippen LogP contribution in [-0.2, 0) is 0 Å². The average Bonchev–Trinajstić information content (AvgIpc) is 2.58.